The molecule has 1 unspecified atom stereocenters. The number of hydrogen-bond acceptors (Lipinski definition) is 4. The minimum atomic E-state index is -0.966. The molecule has 0 aliphatic carbocycles. The van der Waals surface area contributed by atoms with E-state index in [2.05, 4.69) is 15.9 Å². The van der Waals surface area contributed by atoms with Gasteiger partial charge in [0, 0.05) is 10.5 Å². The predicted molar refractivity (Wildman–Crippen MR) is 68.4 cm³/mol. The molecule has 0 saturated carbocycles. The molecule has 0 aliphatic heterocycles. The maximum Gasteiger partial charge on any atom is 0.316 e. The second kappa shape index (κ2) is 6.02. The Hall–Kier alpha value is -1.08. The molecular weight excluding hydrogens is 310 g/mol. The third-order valence-electron chi connectivity index (χ3n) is 2.03. The number of carboxylic acids is 1. The van der Waals surface area contributed by atoms with E-state index in [9.17, 15) is 14.9 Å². The Bertz CT molecular complexity index is 452. The van der Waals surface area contributed by atoms with Gasteiger partial charge in [0.1, 0.15) is 5.25 Å². The van der Waals surface area contributed by atoms with Crippen LogP contribution in [0.5, 0.6) is 0 Å². The highest BCUT2D eigenvalue weighted by atomic mass is 79.9. The van der Waals surface area contributed by atoms with Gasteiger partial charge in [-0.05, 0) is 18.6 Å². The molecule has 0 bridgehead atoms. The summed E-state index contributed by atoms with van der Waals surface area (Å²) < 4.78 is 0.686. The van der Waals surface area contributed by atoms with Gasteiger partial charge in [0.05, 0.1) is 9.82 Å². The van der Waals surface area contributed by atoms with Crippen LogP contribution in [0.2, 0.25) is 0 Å². The fourth-order valence-electron chi connectivity index (χ4n) is 1.19. The van der Waals surface area contributed by atoms with E-state index in [-0.39, 0.29) is 5.69 Å². The lowest BCUT2D eigenvalue weighted by Crippen LogP contribution is -2.14. The van der Waals surface area contributed by atoms with E-state index < -0.39 is 16.1 Å². The van der Waals surface area contributed by atoms with Gasteiger partial charge in [-0.1, -0.05) is 22.9 Å². The molecule has 92 valence electrons. The van der Waals surface area contributed by atoms with Gasteiger partial charge in [0.2, 0.25) is 0 Å². The SMILES string of the molecule is CCC(Sc1cc(Br)ccc1[N+](=O)[O-])C(=O)O. The summed E-state index contributed by atoms with van der Waals surface area (Å²) in [5.74, 6) is -0.966. The number of nitrogens with zero attached hydrogens (tertiary/aromatic N) is 1. The molecule has 0 saturated heterocycles. The van der Waals surface area contributed by atoms with Crippen LogP contribution in [-0.2, 0) is 4.79 Å². The Morgan fingerprint density at radius 1 is 1.65 bits per heavy atom. The predicted octanol–water partition coefficient (Wildman–Crippen LogP) is 3.31. The molecule has 7 heteroatoms. The van der Waals surface area contributed by atoms with Gasteiger partial charge in [-0.2, -0.15) is 0 Å². The van der Waals surface area contributed by atoms with Crippen molar-refractivity contribution in [2.45, 2.75) is 23.5 Å². The van der Waals surface area contributed by atoms with Crippen molar-refractivity contribution in [3.63, 3.8) is 0 Å². The second-order valence-corrected chi connectivity index (χ2v) is 5.38. The summed E-state index contributed by atoms with van der Waals surface area (Å²) in [7, 11) is 0. The lowest BCUT2D eigenvalue weighted by atomic mass is 10.3. The first-order chi connectivity index (χ1) is 7.95. The first-order valence-electron chi connectivity index (χ1n) is 4.79. The van der Waals surface area contributed by atoms with Crippen molar-refractivity contribution in [3.05, 3.63) is 32.8 Å². The van der Waals surface area contributed by atoms with E-state index in [0.717, 1.165) is 11.8 Å². The molecule has 1 N–H and O–H groups in total. The van der Waals surface area contributed by atoms with Crippen LogP contribution in [0.15, 0.2) is 27.6 Å². The molecule has 1 atom stereocenters. The zero-order valence-electron chi connectivity index (χ0n) is 8.92. The van der Waals surface area contributed by atoms with Gasteiger partial charge in [0.15, 0.2) is 0 Å². The number of thioether (sulfide) groups is 1. The summed E-state index contributed by atoms with van der Waals surface area (Å²) in [6.45, 7) is 1.73. The molecule has 0 fully saturated rings. The summed E-state index contributed by atoms with van der Waals surface area (Å²) >= 11 is 4.21. The normalized spacial score (nSPS) is 12.1. The van der Waals surface area contributed by atoms with Crippen LogP contribution in [-0.4, -0.2) is 21.2 Å². The van der Waals surface area contributed by atoms with Crippen molar-refractivity contribution < 1.29 is 14.8 Å². The molecule has 0 aromatic heterocycles. The Kier molecular flexibility index (Phi) is 4.95. The molecule has 17 heavy (non-hydrogen) atoms. The number of benzene rings is 1. The fourth-order valence-corrected chi connectivity index (χ4v) is 2.74. The van der Waals surface area contributed by atoms with Crippen molar-refractivity contribution in [1.82, 2.24) is 0 Å². The van der Waals surface area contributed by atoms with E-state index in [1.54, 1.807) is 19.1 Å². The zero-order chi connectivity index (χ0) is 13.0. The minimum Gasteiger partial charge on any atom is -0.480 e. The highest BCUT2D eigenvalue weighted by Gasteiger charge is 2.22. The number of aliphatic carboxylic acids is 1. The first kappa shape index (κ1) is 14.0. The first-order valence-corrected chi connectivity index (χ1v) is 6.46. The van der Waals surface area contributed by atoms with E-state index in [4.69, 9.17) is 5.11 Å². The maximum absolute atomic E-state index is 10.9. The number of nitro benzene ring substituents is 1. The number of carboxylic acid groups (broad SMARTS) is 1. The Labute approximate surface area is 110 Å². The molecule has 5 nitrogen and oxygen atoms in total. The monoisotopic (exact) mass is 319 g/mol. The average Bonchev–Trinajstić information content (AvgIpc) is 2.25. The van der Waals surface area contributed by atoms with Crippen molar-refractivity contribution in [3.8, 4) is 0 Å². The van der Waals surface area contributed by atoms with Crippen molar-refractivity contribution in [2.75, 3.05) is 0 Å². The fraction of sp³-hybridized carbons (Fsp3) is 0.300. The molecule has 0 aliphatic rings. The summed E-state index contributed by atoms with van der Waals surface area (Å²) in [6.07, 6.45) is 0.406. The van der Waals surface area contributed by atoms with Gasteiger partial charge < -0.3 is 5.11 Å². The lowest BCUT2D eigenvalue weighted by Gasteiger charge is -2.09. The Morgan fingerprint density at radius 3 is 2.76 bits per heavy atom. The summed E-state index contributed by atoms with van der Waals surface area (Å²) in [6, 6.07) is 4.49. The average molecular weight is 320 g/mol. The van der Waals surface area contributed by atoms with Crippen LogP contribution < -0.4 is 0 Å². The number of carbonyl (C=O) groups is 1. The van der Waals surface area contributed by atoms with Crippen LogP contribution in [0.25, 0.3) is 0 Å². The topological polar surface area (TPSA) is 80.4 Å². The zero-order valence-corrected chi connectivity index (χ0v) is 11.3. The Morgan fingerprint density at radius 2 is 2.29 bits per heavy atom. The third kappa shape index (κ3) is 3.71. The van der Waals surface area contributed by atoms with Crippen LogP contribution in [0.1, 0.15) is 13.3 Å². The standard InChI is InChI=1S/C10H10BrNO4S/c1-2-8(10(13)14)17-9-5-6(11)3-4-7(9)12(15)16/h3-5,8H,2H2,1H3,(H,13,14). The highest BCUT2D eigenvalue weighted by Crippen LogP contribution is 2.35. The van der Waals surface area contributed by atoms with Gasteiger partial charge in [-0.15, -0.1) is 11.8 Å². The number of nitro groups is 1. The van der Waals surface area contributed by atoms with Crippen LogP contribution >= 0.6 is 27.7 Å². The quantitative estimate of drug-likeness (QED) is 0.511. The third-order valence-corrected chi connectivity index (χ3v) is 3.93. The molecule has 1 rings (SSSR count). The number of rotatable bonds is 5. The molecule has 0 heterocycles. The van der Waals surface area contributed by atoms with E-state index in [0.29, 0.717) is 15.8 Å². The van der Waals surface area contributed by atoms with Crippen molar-refractivity contribution in [2.24, 2.45) is 0 Å². The van der Waals surface area contributed by atoms with Gasteiger partial charge >= 0.3 is 5.97 Å². The Balaban J connectivity index is 3.07. The number of hydrogen-bond donors (Lipinski definition) is 1. The number of halogens is 1. The minimum absolute atomic E-state index is 0.0714. The smallest absolute Gasteiger partial charge is 0.316 e. The van der Waals surface area contributed by atoms with Crippen molar-refractivity contribution in [1.29, 1.82) is 0 Å². The molecular formula is C10H10BrNO4S. The highest BCUT2D eigenvalue weighted by molar-refractivity contribution is 9.10. The lowest BCUT2D eigenvalue weighted by molar-refractivity contribution is -0.387. The summed E-state index contributed by atoms with van der Waals surface area (Å²) in [4.78, 5) is 21.6. The van der Waals surface area contributed by atoms with Crippen molar-refractivity contribution >= 4 is 39.3 Å². The summed E-state index contributed by atoms with van der Waals surface area (Å²) in [5, 5.41) is 19.1. The molecule has 1 aromatic rings. The van der Waals surface area contributed by atoms with Crippen LogP contribution in [0.4, 0.5) is 5.69 Å². The van der Waals surface area contributed by atoms with E-state index in [1.807, 2.05) is 0 Å². The largest absolute Gasteiger partial charge is 0.480 e. The molecule has 0 radical (unpaired) electrons. The second-order valence-electron chi connectivity index (χ2n) is 3.22. The maximum atomic E-state index is 10.9. The van der Waals surface area contributed by atoms with Gasteiger partial charge in [-0.3, -0.25) is 14.9 Å². The van der Waals surface area contributed by atoms with Gasteiger partial charge in [0.25, 0.3) is 5.69 Å². The molecule has 0 amide bonds. The van der Waals surface area contributed by atoms with E-state index >= 15 is 0 Å². The molecule has 1 aromatic carbocycles. The molecule has 0 spiro atoms. The summed E-state index contributed by atoms with van der Waals surface area (Å²) in [5.41, 5.74) is -0.0714. The van der Waals surface area contributed by atoms with Crippen LogP contribution in [0, 0.1) is 10.1 Å². The van der Waals surface area contributed by atoms with Gasteiger partial charge in [-0.25, -0.2) is 0 Å². The van der Waals surface area contributed by atoms with Crippen LogP contribution in [0.3, 0.4) is 0 Å². The van der Waals surface area contributed by atoms with E-state index in [1.165, 1.54) is 6.07 Å².